The molecule has 3 aromatic heterocycles. The van der Waals surface area contributed by atoms with Gasteiger partial charge in [-0.3, -0.25) is 9.59 Å². The highest BCUT2D eigenvalue weighted by Gasteiger charge is 2.57. The zero-order chi connectivity index (χ0) is 42.0. The van der Waals surface area contributed by atoms with Crippen LogP contribution in [-0.2, 0) is 19.1 Å². The second-order valence-electron chi connectivity index (χ2n) is 17.4. The molecule has 5 heterocycles. The van der Waals surface area contributed by atoms with Gasteiger partial charge in [-0.05, 0) is 84.2 Å². The summed E-state index contributed by atoms with van der Waals surface area (Å²) < 4.78 is 9.60. The second kappa shape index (κ2) is 15.4. The van der Waals surface area contributed by atoms with Crippen LogP contribution in [0.2, 0.25) is 0 Å². The first-order valence-electron chi connectivity index (χ1n) is 20.9. The lowest BCUT2D eigenvalue weighted by molar-refractivity contribution is -0.137. The van der Waals surface area contributed by atoms with Crippen molar-refractivity contribution in [1.29, 1.82) is 0 Å². The molecule has 60 heavy (non-hydrogen) atoms. The number of methoxy groups -OCH3 is 2. The zero-order valence-corrected chi connectivity index (χ0v) is 34.6. The van der Waals surface area contributed by atoms with Crippen molar-refractivity contribution in [2.45, 2.75) is 89.6 Å². The monoisotopic (exact) mass is 813 g/mol. The second-order valence-corrected chi connectivity index (χ2v) is 17.4. The Morgan fingerprint density at radius 2 is 1.15 bits per heavy atom. The topological polar surface area (TPSA) is 188 Å². The third-order valence-electron chi connectivity index (χ3n) is 12.8. The van der Waals surface area contributed by atoms with Gasteiger partial charge in [-0.2, -0.15) is 0 Å². The maximum absolute atomic E-state index is 13.8. The number of rotatable bonds is 11. The third-order valence-corrected chi connectivity index (χ3v) is 12.8. The van der Waals surface area contributed by atoms with Crippen LogP contribution in [-0.4, -0.2) is 97.1 Å². The smallest absolute Gasteiger partial charge is 0.407 e. The Kier molecular flexibility index (Phi) is 10.1. The van der Waals surface area contributed by atoms with Crippen molar-refractivity contribution in [3.63, 3.8) is 0 Å². The highest BCUT2D eigenvalue weighted by Crippen LogP contribution is 2.54. The number of alkyl carbamates (subject to hydrolysis) is 2. The van der Waals surface area contributed by atoms with Crippen LogP contribution >= 0.6 is 0 Å². The largest absolute Gasteiger partial charge is 0.453 e. The van der Waals surface area contributed by atoms with Crippen LogP contribution in [0.5, 0.6) is 0 Å². The number of amides is 4. The number of likely N-dealkylation sites (tertiary alicyclic amines) is 2. The van der Waals surface area contributed by atoms with E-state index in [2.05, 4.69) is 63.1 Å². The lowest BCUT2D eigenvalue weighted by Crippen LogP contribution is -2.52. The van der Waals surface area contributed by atoms with Crippen molar-refractivity contribution in [2.75, 3.05) is 14.2 Å². The van der Waals surface area contributed by atoms with E-state index in [9.17, 15) is 19.2 Å². The van der Waals surface area contributed by atoms with Crippen molar-refractivity contribution < 1.29 is 28.7 Å². The van der Waals surface area contributed by atoms with Crippen LogP contribution in [0.3, 0.4) is 0 Å². The molecule has 0 bridgehead atoms. The van der Waals surface area contributed by atoms with Gasteiger partial charge in [-0.25, -0.2) is 24.5 Å². The number of nitrogens with zero attached hydrogens (tertiary/aromatic N) is 5. The number of carbonyl (C=O) groups excluding carboxylic acids is 4. The number of fused-ring (bicyclic) bond motifs is 3. The summed E-state index contributed by atoms with van der Waals surface area (Å²) in [5.74, 6) is 1.92. The first kappa shape index (κ1) is 39.2. The van der Waals surface area contributed by atoms with Crippen LogP contribution < -0.4 is 10.6 Å². The molecule has 0 radical (unpaired) electrons. The molecule has 15 heteroatoms. The molecule has 8 unspecified atom stereocenters. The first-order chi connectivity index (χ1) is 28.9. The Hall–Kier alpha value is -6.25. The molecule has 4 amide bonds. The van der Waals surface area contributed by atoms with E-state index in [0.717, 1.165) is 82.0 Å². The summed E-state index contributed by atoms with van der Waals surface area (Å²) in [4.78, 5) is 77.0. The van der Waals surface area contributed by atoms with E-state index in [-0.39, 0.29) is 47.8 Å². The average molecular weight is 814 g/mol. The van der Waals surface area contributed by atoms with Crippen molar-refractivity contribution in [2.24, 2.45) is 23.7 Å². The Bertz CT molecular complexity index is 2460. The number of piperidine rings is 2. The number of pyridine rings is 1. The normalized spacial score (nSPS) is 23.6. The van der Waals surface area contributed by atoms with E-state index in [1.165, 1.54) is 14.2 Å². The maximum Gasteiger partial charge on any atom is 0.407 e. The molecule has 2 saturated carbocycles. The number of hydrogen-bond acceptors (Lipinski definition) is 9. The predicted molar refractivity (Wildman–Crippen MR) is 223 cm³/mol. The number of aromatic nitrogens is 5. The number of benzene rings is 2. The van der Waals surface area contributed by atoms with Crippen LogP contribution in [0, 0.1) is 23.7 Å². The number of ether oxygens (including phenoxy) is 2. The molecule has 5 aromatic rings. The summed E-state index contributed by atoms with van der Waals surface area (Å²) in [5, 5.41) is 6.47. The molecular formula is C45H51N9O6. The van der Waals surface area contributed by atoms with E-state index in [4.69, 9.17) is 24.4 Å². The number of H-pyrrole nitrogens is 2. The van der Waals surface area contributed by atoms with Crippen molar-refractivity contribution in [3.8, 4) is 33.8 Å². The molecule has 4 fully saturated rings. The maximum atomic E-state index is 13.8. The standard InChI is InChI=1S/C45H51N9O6/c1-22(2)38(51-44(57)59-5)42(55)53-34-16-28(34)18-36(53)40-46-20-32(49-40)25-9-7-24(8-10-25)26-11-13-30-27(15-26)12-14-31(48-30)33-21-47-41(50-33)37-19-29-17-35(29)54(37)43(56)39(23(3)4)52-45(58)60-6/h7-15,20-23,28-29,34-39H,16-19H2,1-6H3,(H,46,49)(H,47,50)(H,51,57)(H,52,58). The molecule has 4 aliphatic rings. The van der Waals surface area contributed by atoms with E-state index in [1.807, 2.05) is 55.8 Å². The molecule has 4 N–H and O–H groups in total. The molecule has 0 spiro atoms. The van der Waals surface area contributed by atoms with Gasteiger partial charge in [0.2, 0.25) is 11.8 Å². The molecule has 2 saturated heterocycles. The van der Waals surface area contributed by atoms with Gasteiger partial charge in [-0.15, -0.1) is 0 Å². The van der Waals surface area contributed by atoms with Gasteiger partial charge in [0.25, 0.3) is 0 Å². The van der Waals surface area contributed by atoms with Crippen LogP contribution in [0.1, 0.15) is 77.1 Å². The molecule has 312 valence electrons. The predicted octanol–water partition coefficient (Wildman–Crippen LogP) is 6.77. The zero-order valence-electron chi connectivity index (χ0n) is 34.6. The quantitative estimate of drug-likeness (QED) is 0.112. The summed E-state index contributed by atoms with van der Waals surface area (Å²) >= 11 is 0. The van der Waals surface area contributed by atoms with Crippen LogP contribution in [0.15, 0.2) is 67.0 Å². The van der Waals surface area contributed by atoms with E-state index >= 15 is 0 Å². The number of carbonyl (C=O) groups is 4. The average Bonchev–Trinajstić information content (AvgIpc) is 3.83. The Labute approximate surface area is 348 Å². The first-order valence-corrected chi connectivity index (χ1v) is 20.9. The SMILES string of the molecule is COC(=O)NC(C(=O)N1C(c2ncc(-c3ccc(-c4ccc5nc(-c6cnc(C7CC8CC8N7C(=O)C(NC(=O)OC)C(C)C)[nH]6)ccc5c4)cc3)[nH]2)CC2CC21)C(C)C. The van der Waals surface area contributed by atoms with E-state index < -0.39 is 24.3 Å². The fourth-order valence-electron chi connectivity index (χ4n) is 9.34. The minimum Gasteiger partial charge on any atom is -0.453 e. The summed E-state index contributed by atoms with van der Waals surface area (Å²) in [6.45, 7) is 7.67. The van der Waals surface area contributed by atoms with E-state index in [0.29, 0.717) is 11.8 Å². The lowest BCUT2D eigenvalue weighted by Gasteiger charge is -2.31. The van der Waals surface area contributed by atoms with Gasteiger partial charge >= 0.3 is 12.2 Å². The molecule has 8 atom stereocenters. The Morgan fingerprint density at radius 1 is 0.650 bits per heavy atom. The van der Waals surface area contributed by atoms with Crippen LogP contribution in [0.4, 0.5) is 9.59 Å². The summed E-state index contributed by atoms with van der Waals surface area (Å²) in [6.07, 6.45) is 5.97. The Balaban J connectivity index is 0.880. The number of nitrogens with one attached hydrogen (secondary N) is 4. The number of hydrogen-bond donors (Lipinski definition) is 4. The molecular weight excluding hydrogens is 763 g/mol. The minimum absolute atomic E-state index is 0.100. The van der Waals surface area contributed by atoms with Gasteiger partial charge in [0, 0.05) is 17.5 Å². The van der Waals surface area contributed by atoms with Crippen LogP contribution in [0.25, 0.3) is 44.7 Å². The lowest BCUT2D eigenvalue weighted by atomic mass is 10.0. The van der Waals surface area contributed by atoms with Gasteiger partial charge in [0.15, 0.2) is 0 Å². The van der Waals surface area contributed by atoms with Crippen molar-refractivity contribution in [3.05, 3.63) is 78.6 Å². The number of imidazole rings is 2. The molecule has 2 aromatic carbocycles. The van der Waals surface area contributed by atoms with E-state index in [1.54, 1.807) is 6.20 Å². The highest BCUT2D eigenvalue weighted by atomic mass is 16.5. The molecule has 2 aliphatic carbocycles. The van der Waals surface area contributed by atoms with Gasteiger partial charge < -0.3 is 39.9 Å². The fraction of sp³-hybridized carbons (Fsp3) is 0.444. The summed E-state index contributed by atoms with van der Waals surface area (Å²) in [7, 11) is 2.60. The highest BCUT2D eigenvalue weighted by molar-refractivity contribution is 5.89. The number of aromatic amines is 2. The van der Waals surface area contributed by atoms with Gasteiger partial charge in [0.05, 0.1) is 61.3 Å². The van der Waals surface area contributed by atoms with Gasteiger partial charge in [0.1, 0.15) is 23.7 Å². The van der Waals surface area contributed by atoms with Crippen molar-refractivity contribution in [1.82, 2.24) is 45.4 Å². The summed E-state index contributed by atoms with van der Waals surface area (Å²) in [5.41, 5.74) is 6.34. The molecule has 9 rings (SSSR count). The molecule has 2 aliphatic heterocycles. The summed E-state index contributed by atoms with van der Waals surface area (Å²) in [6, 6.07) is 17.1. The van der Waals surface area contributed by atoms with Crippen molar-refractivity contribution >= 4 is 34.9 Å². The Morgan fingerprint density at radius 3 is 1.68 bits per heavy atom. The molecule has 15 nitrogen and oxygen atoms in total. The third kappa shape index (κ3) is 7.23. The van der Waals surface area contributed by atoms with Gasteiger partial charge in [-0.1, -0.05) is 64.1 Å². The minimum atomic E-state index is -0.690. The fourth-order valence-corrected chi connectivity index (χ4v) is 9.34.